The number of rotatable bonds is 3. The summed E-state index contributed by atoms with van der Waals surface area (Å²) in [6, 6.07) is 7.33. The van der Waals surface area contributed by atoms with Crippen LogP contribution in [0.15, 0.2) is 24.3 Å². The Morgan fingerprint density at radius 2 is 2.00 bits per heavy atom. The molecule has 1 saturated heterocycles. The Kier molecular flexibility index (Phi) is 3.33. The molecule has 100 valence electrons. The minimum atomic E-state index is -1.59. The predicted octanol–water partition coefficient (Wildman–Crippen LogP) is 1.12. The highest BCUT2D eigenvalue weighted by molar-refractivity contribution is 5.29. The van der Waals surface area contributed by atoms with E-state index in [0.717, 1.165) is 11.3 Å². The van der Waals surface area contributed by atoms with Crippen LogP contribution in [0.1, 0.15) is 31.9 Å². The van der Waals surface area contributed by atoms with Crippen molar-refractivity contribution in [2.75, 3.05) is 7.11 Å². The number of aliphatic hydroxyl groups is 2. The summed E-state index contributed by atoms with van der Waals surface area (Å²) in [5.74, 6) is -0.812. The summed E-state index contributed by atoms with van der Waals surface area (Å²) >= 11 is 0. The van der Waals surface area contributed by atoms with Crippen LogP contribution >= 0.6 is 0 Å². The monoisotopic (exact) mass is 253 g/mol. The fourth-order valence-electron chi connectivity index (χ4n) is 1.93. The lowest BCUT2D eigenvalue weighted by Gasteiger charge is -2.32. The molecule has 1 heterocycles. The summed E-state index contributed by atoms with van der Waals surface area (Å²) in [6.07, 6.45) is 0.281. The van der Waals surface area contributed by atoms with Crippen LogP contribution < -0.4 is 10.2 Å². The van der Waals surface area contributed by atoms with Crippen molar-refractivity contribution in [1.82, 2.24) is 5.48 Å². The minimum absolute atomic E-state index is 0.160. The second-order valence-electron chi connectivity index (χ2n) is 5.09. The molecular weight excluding hydrogens is 234 g/mol. The molecule has 1 aliphatic heterocycles. The first-order chi connectivity index (χ1) is 8.36. The Morgan fingerprint density at radius 1 is 1.39 bits per heavy atom. The van der Waals surface area contributed by atoms with Crippen molar-refractivity contribution in [1.29, 1.82) is 0 Å². The van der Waals surface area contributed by atoms with Gasteiger partial charge in [-0.2, -0.15) is 5.48 Å². The number of hydrogen-bond acceptors (Lipinski definition) is 5. The number of nitrogens with one attached hydrogen (secondary N) is 1. The molecule has 1 fully saturated rings. The molecular formula is C13H19NO4. The average molecular weight is 253 g/mol. The lowest BCUT2D eigenvalue weighted by atomic mass is 9.90. The third-order valence-corrected chi connectivity index (χ3v) is 3.32. The fourth-order valence-corrected chi connectivity index (χ4v) is 1.93. The quantitative estimate of drug-likeness (QED) is 0.753. The Bertz CT molecular complexity index is 412. The van der Waals surface area contributed by atoms with Gasteiger partial charge in [0.15, 0.2) is 0 Å². The van der Waals surface area contributed by atoms with Gasteiger partial charge in [-0.3, -0.25) is 4.84 Å². The van der Waals surface area contributed by atoms with Crippen LogP contribution in [0, 0.1) is 0 Å². The van der Waals surface area contributed by atoms with Gasteiger partial charge in [-0.25, -0.2) is 0 Å². The topological polar surface area (TPSA) is 71.0 Å². The molecule has 0 aromatic heterocycles. The molecule has 0 bridgehead atoms. The van der Waals surface area contributed by atoms with Gasteiger partial charge in [-0.1, -0.05) is 12.1 Å². The van der Waals surface area contributed by atoms with Crippen molar-refractivity contribution in [2.24, 2.45) is 0 Å². The third-order valence-electron chi connectivity index (χ3n) is 3.32. The van der Waals surface area contributed by atoms with E-state index in [9.17, 15) is 10.2 Å². The molecule has 18 heavy (non-hydrogen) atoms. The maximum absolute atomic E-state index is 10.2. The maximum atomic E-state index is 10.2. The van der Waals surface area contributed by atoms with E-state index in [2.05, 4.69) is 5.48 Å². The standard InChI is InChI=1S/C13H19NO4/c1-12(2,15)13(16)8-11(14-18-13)9-4-6-10(17-3)7-5-9/h4-7,11,14-16H,8H2,1-3H3/t11-,13-/m0/s1. The number of ether oxygens (including phenoxy) is 1. The molecule has 0 amide bonds. The Morgan fingerprint density at radius 3 is 2.44 bits per heavy atom. The predicted molar refractivity (Wildman–Crippen MR) is 65.8 cm³/mol. The van der Waals surface area contributed by atoms with E-state index in [4.69, 9.17) is 9.57 Å². The zero-order chi connectivity index (χ0) is 13.4. The van der Waals surface area contributed by atoms with Crippen molar-refractivity contribution in [3.8, 4) is 5.75 Å². The van der Waals surface area contributed by atoms with Gasteiger partial charge in [0, 0.05) is 6.42 Å². The van der Waals surface area contributed by atoms with Crippen LogP contribution in [0.4, 0.5) is 0 Å². The van der Waals surface area contributed by atoms with E-state index in [1.54, 1.807) is 7.11 Å². The molecule has 0 radical (unpaired) electrons. The first-order valence-electron chi connectivity index (χ1n) is 5.88. The first kappa shape index (κ1) is 13.3. The molecule has 3 N–H and O–H groups in total. The molecule has 1 aliphatic rings. The van der Waals surface area contributed by atoms with E-state index in [1.807, 2.05) is 24.3 Å². The van der Waals surface area contributed by atoms with Crippen molar-refractivity contribution >= 4 is 0 Å². The van der Waals surface area contributed by atoms with Crippen LogP contribution in [0.3, 0.4) is 0 Å². The van der Waals surface area contributed by atoms with Crippen LogP contribution in [-0.4, -0.2) is 28.7 Å². The van der Waals surface area contributed by atoms with E-state index in [-0.39, 0.29) is 12.5 Å². The molecule has 0 unspecified atom stereocenters. The highest BCUT2D eigenvalue weighted by Gasteiger charge is 2.50. The summed E-state index contributed by atoms with van der Waals surface area (Å²) in [6.45, 7) is 3.04. The Labute approximate surface area is 106 Å². The van der Waals surface area contributed by atoms with Crippen LogP contribution in [0.2, 0.25) is 0 Å². The molecule has 1 aromatic carbocycles. The summed E-state index contributed by atoms with van der Waals surface area (Å²) in [4.78, 5) is 5.15. The zero-order valence-electron chi connectivity index (χ0n) is 10.8. The number of benzene rings is 1. The number of methoxy groups -OCH3 is 1. The van der Waals surface area contributed by atoms with Gasteiger partial charge >= 0.3 is 0 Å². The first-order valence-corrected chi connectivity index (χ1v) is 5.88. The van der Waals surface area contributed by atoms with E-state index in [1.165, 1.54) is 13.8 Å². The number of hydroxylamine groups is 1. The van der Waals surface area contributed by atoms with Gasteiger partial charge in [0.2, 0.25) is 5.79 Å². The summed E-state index contributed by atoms with van der Waals surface area (Å²) in [7, 11) is 1.61. The van der Waals surface area contributed by atoms with Gasteiger partial charge in [0.1, 0.15) is 11.4 Å². The van der Waals surface area contributed by atoms with Crippen molar-refractivity contribution in [2.45, 2.75) is 37.7 Å². The van der Waals surface area contributed by atoms with Gasteiger partial charge in [0.25, 0.3) is 0 Å². The highest BCUT2D eigenvalue weighted by atomic mass is 16.8. The average Bonchev–Trinajstić information content (AvgIpc) is 2.73. The summed E-state index contributed by atoms with van der Waals surface area (Å²) in [5.41, 5.74) is 2.39. The van der Waals surface area contributed by atoms with Gasteiger partial charge in [0.05, 0.1) is 13.2 Å². The second kappa shape index (κ2) is 4.51. The molecule has 0 spiro atoms. The molecule has 0 aliphatic carbocycles. The fraction of sp³-hybridized carbons (Fsp3) is 0.538. The van der Waals surface area contributed by atoms with E-state index in [0.29, 0.717) is 0 Å². The summed E-state index contributed by atoms with van der Waals surface area (Å²) in [5, 5.41) is 20.1. The molecule has 1 aromatic rings. The van der Waals surface area contributed by atoms with Gasteiger partial charge in [-0.15, -0.1) is 0 Å². The highest BCUT2D eigenvalue weighted by Crippen LogP contribution is 2.38. The van der Waals surface area contributed by atoms with Crippen molar-refractivity contribution < 1.29 is 19.8 Å². The molecule has 5 nitrogen and oxygen atoms in total. The SMILES string of the molecule is COc1ccc([C@@H]2C[C@@](O)(C(C)(C)O)ON2)cc1. The van der Waals surface area contributed by atoms with Gasteiger partial charge in [-0.05, 0) is 31.5 Å². The summed E-state index contributed by atoms with van der Waals surface area (Å²) < 4.78 is 5.09. The molecule has 5 heteroatoms. The molecule has 0 saturated carbocycles. The van der Waals surface area contributed by atoms with Gasteiger partial charge < -0.3 is 14.9 Å². The molecule has 2 atom stereocenters. The van der Waals surface area contributed by atoms with Crippen LogP contribution in [-0.2, 0) is 4.84 Å². The Hall–Kier alpha value is -1.14. The maximum Gasteiger partial charge on any atom is 0.215 e. The van der Waals surface area contributed by atoms with Crippen molar-refractivity contribution in [3.63, 3.8) is 0 Å². The number of hydrogen-bond donors (Lipinski definition) is 3. The Balaban J connectivity index is 2.13. The van der Waals surface area contributed by atoms with Crippen molar-refractivity contribution in [3.05, 3.63) is 29.8 Å². The lowest BCUT2D eigenvalue weighted by Crippen LogP contribution is -2.50. The van der Waals surface area contributed by atoms with Crippen LogP contribution in [0.25, 0.3) is 0 Å². The van der Waals surface area contributed by atoms with E-state index < -0.39 is 11.4 Å². The lowest BCUT2D eigenvalue weighted by molar-refractivity contribution is -0.284. The van der Waals surface area contributed by atoms with E-state index >= 15 is 0 Å². The molecule has 2 rings (SSSR count). The largest absolute Gasteiger partial charge is 0.497 e. The zero-order valence-corrected chi connectivity index (χ0v) is 10.8. The van der Waals surface area contributed by atoms with Crippen LogP contribution in [0.5, 0.6) is 5.75 Å². The smallest absolute Gasteiger partial charge is 0.215 e. The normalized spacial score (nSPS) is 28.4. The minimum Gasteiger partial charge on any atom is -0.497 e. The second-order valence-corrected chi connectivity index (χ2v) is 5.09. The third kappa shape index (κ3) is 2.35.